The first-order valence-corrected chi connectivity index (χ1v) is 32.9. The van der Waals surface area contributed by atoms with Gasteiger partial charge in [0, 0.05) is 36.6 Å². The van der Waals surface area contributed by atoms with Crippen molar-refractivity contribution in [3.8, 4) is 72.5 Å². The van der Waals surface area contributed by atoms with Crippen molar-refractivity contribution in [1.29, 1.82) is 0 Å². The van der Waals surface area contributed by atoms with Crippen molar-refractivity contribution in [2.75, 3.05) is 0 Å². The second-order valence-electron chi connectivity index (χ2n) is 22.3. The average Bonchev–Trinajstić information content (AvgIpc) is 1.82. The minimum absolute atomic E-state index is 0.467. The molecule has 0 fully saturated rings. The SMILES string of the molecule is Brc1ccc2c(c1)-c1ccccc1C2.Cc1ccccc1P(c1ccccc1)c1ccccc1.O[B]Oc1cccc2c1Cc1c(-c3ccccc3)cccc1-2.c1ccc(-c2cccc3c2sc2c(-c4ccc5c(c4)-c4ccccc4C5)cccc23)cc1. The number of fused-ring (bicyclic) bond motifs is 12. The van der Waals surface area contributed by atoms with Gasteiger partial charge in [0.2, 0.25) is 0 Å². The predicted octanol–water partition coefficient (Wildman–Crippen LogP) is 20.6. The Kier molecular flexibility index (Phi) is 16.5. The first-order valence-electron chi connectivity index (χ1n) is 29.9. The molecule has 0 unspecified atom stereocenters. The van der Waals surface area contributed by atoms with Crippen molar-refractivity contribution in [2.45, 2.75) is 26.2 Å². The fourth-order valence-corrected chi connectivity index (χ4v) is 17.1. The summed E-state index contributed by atoms with van der Waals surface area (Å²) in [4.78, 5) is 0. The Morgan fingerprint density at radius 2 is 0.807 bits per heavy atom. The van der Waals surface area contributed by atoms with Crippen LogP contribution in [0, 0.1) is 6.92 Å². The van der Waals surface area contributed by atoms with Crippen LogP contribution in [-0.4, -0.2) is 12.7 Å². The Morgan fingerprint density at radius 1 is 0.364 bits per heavy atom. The summed E-state index contributed by atoms with van der Waals surface area (Å²) < 4.78 is 9.16. The molecule has 0 atom stereocenters. The summed E-state index contributed by atoms with van der Waals surface area (Å²) in [5.74, 6) is 0.718. The largest absolute Gasteiger partial charge is 0.569 e. The molecule has 1 heterocycles. The van der Waals surface area contributed by atoms with Crippen LogP contribution in [-0.2, 0) is 19.3 Å². The first-order chi connectivity index (χ1) is 43.5. The highest BCUT2D eigenvalue weighted by molar-refractivity contribution is 9.10. The van der Waals surface area contributed by atoms with E-state index in [1.54, 1.807) is 0 Å². The van der Waals surface area contributed by atoms with Gasteiger partial charge < -0.3 is 9.68 Å². The second-order valence-corrected chi connectivity index (χ2v) is 26.5. The lowest BCUT2D eigenvalue weighted by Gasteiger charge is -2.21. The van der Waals surface area contributed by atoms with Crippen LogP contribution in [0.2, 0.25) is 0 Å². The monoisotopic (exact) mass is 1230 g/mol. The maximum absolute atomic E-state index is 8.95. The number of hydrogen-bond donors (Lipinski definition) is 1. The van der Waals surface area contributed by atoms with E-state index in [2.05, 4.69) is 308 Å². The highest BCUT2D eigenvalue weighted by Crippen LogP contribution is 2.47. The molecule has 3 aliphatic rings. The fourth-order valence-electron chi connectivity index (χ4n) is 12.9. The molecule has 2 nitrogen and oxygen atoms in total. The maximum Gasteiger partial charge on any atom is 0.569 e. The van der Waals surface area contributed by atoms with Crippen molar-refractivity contribution in [3.63, 3.8) is 0 Å². The Bertz CT molecular complexity index is 4780. The Hall–Kier alpha value is -9.19. The van der Waals surface area contributed by atoms with Crippen molar-refractivity contribution in [2.24, 2.45) is 0 Å². The quantitative estimate of drug-likeness (QED) is 0.121. The van der Waals surface area contributed by atoms with Gasteiger partial charge in [0.05, 0.1) is 0 Å². The third-order valence-corrected chi connectivity index (χ3v) is 21.5. The number of thiophene rings is 1. The van der Waals surface area contributed by atoms with Gasteiger partial charge in [-0.05, 0) is 168 Å². The standard InChI is InChI=1S/C31H20S.C19H14BO2.C19H17P.C13H9Br/c1-2-8-20(9-3-1)25-12-6-14-27-28-15-7-13-26(31(28)32-30(25)27)23-17-16-22-18-21-10-4-5-11-24(21)29(22)19-23;21-20-22-19-11-5-10-16-15-9-4-8-14(17(15)12-18(16)19)13-6-2-1-3-7-13;1-16-10-8-9-15-19(16)20(17-11-4-2-5-12-17)18-13-6-3-7-14-18;14-11-6-5-10-7-9-3-1-2-4-12(9)13(10)8-11/h1-17,19H,18H2;1-11,21H,12H2;2-15H,1H3;1-6,8H,7H2. The normalized spacial score (nSPS) is 11.8. The predicted molar refractivity (Wildman–Crippen MR) is 379 cm³/mol. The van der Waals surface area contributed by atoms with E-state index in [0.717, 1.165) is 42.7 Å². The van der Waals surface area contributed by atoms with Crippen molar-refractivity contribution >= 4 is 79.0 Å². The van der Waals surface area contributed by atoms with E-state index >= 15 is 0 Å². The Morgan fingerprint density at radius 3 is 1.41 bits per heavy atom. The topological polar surface area (TPSA) is 29.5 Å². The molecular weight excluding hydrogens is 1170 g/mol. The average molecular weight is 1230 g/mol. The number of benzene rings is 13. The summed E-state index contributed by atoms with van der Waals surface area (Å²) in [6, 6.07) is 108. The van der Waals surface area contributed by atoms with E-state index in [0.29, 0.717) is 0 Å². The van der Waals surface area contributed by atoms with Crippen LogP contribution < -0.4 is 20.6 Å². The Balaban J connectivity index is 0.000000108. The van der Waals surface area contributed by atoms with Crippen LogP contribution in [0.4, 0.5) is 0 Å². The molecule has 6 heteroatoms. The zero-order chi connectivity index (χ0) is 59.3. The first kappa shape index (κ1) is 56.6. The highest BCUT2D eigenvalue weighted by atomic mass is 79.9. The molecule has 1 N–H and O–H groups in total. The molecule has 1 aromatic heterocycles. The molecule has 17 rings (SSSR count). The summed E-state index contributed by atoms with van der Waals surface area (Å²) in [7, 11) is 0.280. The third kappa shape index (κ3) is 11.4. The van der Waals surface area contributed by atoms with E-state index < -0.39 is 7.92 Å². The summed E-state index contributed by atoms with van der Waals surface area (Å²) in [5.41, 5.74) is 25.3. The molecule has 0 spiro atoms. The van der Waals surface area contributed by atoms with Gasteiger partial charge in [-0.25, -0.2) is 0 Å². The minimum atomic E-state index is -0.467. The summed E-state index contributed by atoms with van der Waals surface area (Å²) >= 11 is 5.44. The van der Waals surface area contributed by atoms with Gasteiger partial charge in [-0.2, -0.15) is 0 Å². The summed E-state index contributed by atoms with van der Waals surface area (Å²) in [6.07, 6.45) is 2.94. The van der Waals surface area contributed by atoms with Crippen molar-refractivity contribution < 1.29 is 9.68 Å². The molecule has 0 saturated carbocycles. The molecule has 0 saturated heterocycles. The number of hydrogen-bond acceptors (Lipinski definition) is 3. The van der Waals surface area contributed by atoms with Gasteiger partial charge >= 0.3 is 7.69 Å². The lowest BCUT2D eigenvalue weighted by atomic mass is 9.96. The van der Waals surface area contributed by atoms with Gasteiger partial charge in [-0.1, -0.05) is 295 Å². The van der Waals surface area contributed by atoms with Crippen LogP contribution in [0.1, 0.15) is 38.9 Å². The zero-order valence-electron chi connectivity index (χ0n) is 48.7. The second kappa shape index (κ2) is 25.6. The van der Waals surface area contributed by atoms with Crippen molar-refractivity contribution in [3.05, 3.63) is 347 Å². The van der Waals surface area contributed by atoms with E-state index in [1.807, 2.05) is 29.5 Å². The maximum atomic E-state index is 8.95. The molecule has 13 aromatic carbocycles. The fraction of sp³-hybridized carbons (Fsp3) is 0.0488. The van der Waals surface area contributed by atoms with Crippen LogP contribution in [0.15, 0.2) is 308 Å². The van der Waals surface area contributed by atoms with Gasteiger partial charge in [0.15, 0.2) is 0 Å². The minimum Gasteiger partial charge on any atom is -0.537 e. The number of rotatable bonds is 8. The molecule has 1 radical (unpaired) electrons. The van der Waals surface area contributed by atoms with Crippen molar-refractivity contribution in [1.82, 2.24) is 0 Å². The van der Waals surface area contributed by atoms with E-state index in [-0.39, 0.29) is 0 Å². The molecule has 88 heavy (non-hydrogen) atoms. The Labute approximate surface area is 530 Å². The van der Waals surface area contributed by atoms with Crippen LogP contribution >= 0.6 is 35.2 Å². The van der Waals surface area contributed by atoms with Crippen LogP contribution in [0.3, 0.4) is 0 Å². The van der Waals surface area contributed by atoms with Crippen LogP contribution in [0.5, 0.6) is 5.75 Å². The molecular formula is C82H60BBrO2PS. The zero-order valence-corrected chi connectivity index (χ0v) is 52.0. The smallest absolute Gasteiger partial charge is 0.537 e. The molecule has 0 aliphatic heterocycles. The van der Waals surface area contributed by atoms with E-state index in [4.69, 9.17) is 9.68 Å². The van der Waals surface area contributed by atoms with Crippen LogP contribution in [0.25, 0.3) is 86.9 Å². The van der Waals surface area contributed by atoms with E-state index in [9.17, 15) is 0 Å². The number of aryl methyl sites for hydroxylation is 1. The highest BCUT2D eigenvalue weighted by Gasteiger charge is 2.26. The van der Waals surface area contributed by atoms with E-state index in [1.165, 1.54) is 136 Å². The number of halogens is 1. The molecule has 421 valence electrons. The molecule has 3 aliphatic carbocycles. The molecule has 14 aromatic rings. The lowest BCUT2D eigenvalue weighted by molar-refractivity contribution is 0.451. The van der Waals surface area contributed by atoms with Gasteiger partial charge in [-0.3, -0.25) is 0 Å². The molecule has 0 amide bonds. The third-order valence-electron chi connectivity index (χ3n) is 17.1. The van der Waals surface area contributed by atoms with Gasteiger partial charge in [0.25, 0.3) is 0 Å². The molecule has 0 bridgehead atoms. The lowest BCUT2D eigenvalue weighted by Crippen LogP contribution is -2.22. The van der Waals surface area contributed by atoms with Gasteiger partial charge in [-0.15, -0.1) is 11.3 Å². The summed E-state index contributed by atoms with van der Waals surface area (Å²) in [6.45, 7) is 2.20. The summed E-state index contributed by atoms with van der Waals surface area (Å²) in [5, 5.41) is 15.9. The van der Waals surface area contributed by atoms with Gasteiger partial charge in [0.1, 0.15) is 5.75 Å².